The van der Waals surface area contributed by atoms with Crippen LogP contribution in [0.1, 0.15) is 23.6 Å². The zero-order chi connectivity index (χ0) is 12.1. The highest BCUT2D eigenvalue weighted by Crippen LogP contribution is 2.19. The van der Waals surface area contributed by atoms with E-state index in [1.54, 1.807) is 18.3 Å². The van der Waals surface area contributed by atoms with Crippen LogP contribution in [0.4, 0.5) is 4.39 Å². The number of aromatic nitrogens is 1. The van der Waals surface area contributed by atoms with Gasteiger partial charge in [0, 0.05) is 24.0 Å². The Kier molecular flexibility index (Phi) is 3.83. The van der Waals surface area contributed by atoms with E-state index in [4.69, 9.17) is 5.73 Å². The van der Waals surface area contributed by atoms with Crippen molar-refractivity contribution in [3.63, 3.8) is 0 Å². The molecule has 0 aliphatic carbocycles. The molecule has 0 amide bonds. The van der Waals surface area contributed by atoms with E-state index in [2.05, 4.69) is 4.98 Å². The van der Waals surface area contributed by atoms with Crippen LogP contribution in [-0.4, -0.2) is 4.98 Å². The first-order chi connectivity index (χ1) is 8.27. The highest BCUT2D eigenvalue weighted by Gasteiger charge is 2.10. The molecule has 3 heteroatoms. The molecule has 0 aliphatic heterocycles. The van der Waals surface area contributed by atoms with Crippen LogP contribution in [0.15, 0.2) is 48.8 Å². The lowest BCUT2D eigenvalue weighted by atomic mass is 10.00. The zero-order valence-corrected chi connectivity index (χ0v) is 9.51. The molecular formula is C14H15FN2. The maximum Gasteiger partial charge on any atom is 0.127 e. The van der Waals surface area contributed by atoms with Gasteiger partial charge in [-0.3, -0.25) is 4.98 Å². The summed E-state index contributed by atoms with van der Waals surface area (Å²) in [5.74, 6) is -0.230. The molecular weight excluding hydrogens is 215 g/mol. The summed E-state index contributed by atoms with van der Waals surface area (Å²) in [6, 6.07) is 10.3. The van der Waals surface area contributed by atoms with Crippen LogP contribution >= 0.6 is 0 Å². The highest BCUT2D eigenvalue weighted by molar-refractivity contribution is 5.21. The number of benzene rings is 1. The van der Waals surface area contributed by atoms with Crippen molar-refractivity contribution >= 4 is 0 Å². The summed E-state index contributed by atoms with van der Waals surface area (Å²) >= 11 is 0. The largest absolute Gasteiger partial charge is 0.324 e. The lowest BCUT2D eigenvalue weighted by Crippen LogP contribution is -2.13. The van der Waals surface area contributed by atoms with E-state index in [0.717, 1.165) is 12.0 Å². The quantitative estimate of drug-likeness (QED) is 0.877. The molecule has 1 unspecified atom stereocenters. The molecule has 17 heavy (non-hydrogen) atoms. The molecule has 0 bridgehead atoms. The summed E-state index contributed by atoms with van der Waals surface area (Å²) in [4.78, 5) is 4.04. The molecule has 1 aromatic carbocycles. The van der Waals surface area contributed by atoms with E-state index in [9.17, 15) is 4.39 Å². The Hall–Kier alpha value is -1.74. The van der Waals surface area contributed by atoms with Crippen LogP contribution in [0, 0.1) is 5.82 Å². The van der Waals surface area contributed by atoms with Crippen molar-refractivity contribution in [1.29, 1.82) is 0 Å². The number of hydrogen-bond acceptors (Lipinski definition) is 2. The van der Waals surface area contributed by atoms with Crippen molar-refractivity contribution in [2.45, 2.75) is 18.9 Å². The normalized spacial score (nSPS) is 12.4. The van der Waals surface area contributed by atoms with Crippen molar-refractivity contribution < 1.29 is 4.39 Å². The first-order valence-corrected chi connectivity index (χ1v) is 5.66. The first-order valence-electron chi connectivity index (χ1n) is 5.66. The second kappa shape index (κ2) is 5.55. The predicted octanol–water partition coefficient (Wildman–Crippen LogP) is 2.85. The van der Waals surface area contributed by atoms with Crippen LogP contribution in [0.3, 0.4) is 0 Å². The van der Waals surface area contributed by atoms with Gasteiger partial charge in [-0.25, -0.2) is 4.39 Å². The summed E-state index contributed by atoms with van der Waals surface area (Å²) in [5.41, 5.74) is 7.69. The minimum absolute atomic E-state index is 0.230. The molecule has 1 aromatic heterocycles. The smallest absolute Gasteiger partial charge is 0.127 e. The predicted molar refractivity (Wildman–Crippen MR) is 65.9 cm³/mol. The van der Waals surface area contributed by atoms with Crippen molar-refractivity contribution in [1.82, 2.24) is 4.98 Å². The molecule has 2 rings (SSSR count). The zero-order valence-electron chi connectivity index (χ0n) is 9.51. The van der Waals surface area contributed by atoms with Gasteiger partial charge in [-0.1, -0.05) is 24.3 Å². The number of nitrogens with two attached hydrogens (primary N) is 1. The van der Waals surface area contributed by atoms with Crippen molar-refractivity contribution in [2.75, 3.05) is 0 Å². The van der Waals surface area contributed by atoms with E-state index < -0.39 is 0 Å². The number of nitrogens with zero attached hydrogens (tertiary/aromatic N) is 1. The molecule has 0 spiro atoms. The summed E-state index contributed by atoms with van der Waals surface area (Å²) in [5, 5.41) is 0. The number of rotatable bonds is 4. The molecule has 2 N–H and O–H groups in total. The third-order valence-electron chi connectivity index (χ3n) is 2.77. The van der Waals surface area contributed by atoms with Crippen molar-refractivity contribution in [3.05, 3.63) is 65.7 Å². The van der Waals surface area contributed by atoms with Gasteiger partial charge in [0.2, 0.25) is 0 Å². The Morgan fingerprint density at radius 1 is 1.18 bits per heavy atom. The SMILES string of the molecule is NC(CCc1cccnc1)c1ccccc1F. The Labute approximate surface area is 100 Å². The number of aryl methyl sites for hydroxylation is 1. The van der Waals surface area contributed by atoms with Gasteiger partial charge in [0.05, 0.1) is 0 Å². The molecule has 0 radical (unpaired) electrons. The second-order valence-corrected chi connectivity index (χ2v) is 4.03. The van der Waals surface area contributed by atoms with E-state index >= 15 is 0 Å². The monoisotopic (exact) mass is 230 g/mol. The molecule has 1 atom stereocenters. The van der Waals surface area contributed by atoms with Crippen LogP contribution in [0.25, 0.3) is 0 Å². The lowest BCUT2D eigenvalue weighted by molar-refractivity contribution is 0.563. The van der Waals surface area contributed by atoms with E-state index in [0.29, 0.717) is 12.0 Å². The Balaban J connectivity index is 1.99. The minimum Gasteiger partial charge on any atom is -0.324 e. The summed E-state index contributed by atoms with van der Waals surface area (Å²) in [6.45, 7) is 0. The molecule has 2 aromatic rings. The van der Waals surface area contributed by atoms with Gasteiger partial charge in [-0.15, -0.1) is 0 Å². The molecule has 1 heterocycles. The molecule has 0 saturated heterocycles. The molecule has 0 fully saturated rings. The third kappa shape index (κ3) is 3.11. The highest BCUT2D eigenvalue weighted by atomic mass is 19.1. The van der Waals surface area contributed by atoms with Gasteiger partial charge in [0.1, 0.15) is 5.82 Å². The van der Waals surface area contributed by atoms with Gasteiger partial charge in [0.25, 0.3) is 0 Å². The maximum absolute atomic E-state index is 13.5. The summed E-state index contributed by atoms with van der Waals surface area (Å²) in [7, 11) is 0. The van der Waals surface area contributed by atoms with E-state index in [1.807, 2.05) is 24.4 Å². The van der Waals surface area contributed by atoms with Crippen molar-refractivity contribution in [3.8, 4) is 0 Å². The van der Waals surface area contributed by atoms with Crippen LogP contribution in [-0.2, 0) is 6.42 Å². The van der Waals surface area contributed by atoms with Gasteiger partial charge in [-0.05, 0) is 30.5 Å². The van der Waals surface area contributed by atoms with Crippen molar-refractivity contribution in [2.24, 2.45) is 5.73 Å². The standard InChI is InChI=1S/C14H15FN2/c15-13-6-2-1-5-12(13)14(16)8-7-11-4-3-9-17-10-11/h1-6,9-10,14H,7-8,16H2. The maximum atomic E-state index is 13.5. The third-order valence-corrected chi connectivity index (χ3v) is 2.77. The fourth-order valence-corrected chi connectivity index (χ4v) is 1.80. The Bertz CT molecular complexity index is 471. The fourth-order valence-electron chi connectivity index (χ4n) is 1.80. The van der Waals surface area contributed by atoms with Gasteiger partial charge < -0.3 is 5.73 Å². The first kappa shape index (κ1) is 11.7. The van der Waals surface area contributed by atoms with Gasteiger partial charge >= 0.3 is 0 Å². The van der Waals surface area contributed by atoms with Gasteiger partial charge in [0.15, 0.2) is 0 Å². The summed E-state index contributed by atoms with van der Waals surface area (Å²) in [6.07, 6.45) is 5.07. The fraction of sp³-hybridized carbons (Fsp3) is 0.214. The molecule has 0 saturated carbocycles. The lowest BCUT2D eigenvalue weighted by Gasteiger charge is -2.12. The average Bonchev–Trinajstić information content (AvgIpc) is 2.38. The van der Waals surface area contributed by atoms with E-state index in [1.165, 1.54) is 6.07 Å². The number of pyridine rings is 1. The van der Waals surface area contributed by atoms with Crippen LogP contribution < -0.4 is 5.73 Å². The number of halogens is 1. The Morgan fingerprint density at radius 2 is 2.00 bits per heavy atom. The minimum atomic E-state index is -0.267. The topological polar surface area (TPSA) is 38.9 Å². The Morgan fingerprint density at radius 3 is 2.71 bits per heavy atom. The van der Waals surface area contributed by atoms with Crippen LogP contribution in [0.5, 0.6) is 0 Å². The van der Waals surface area contributed by atoms with Crippen LogP contribution in [0.2, 0.25) is 0 Å². The van der Waals surface area contributed by atoms with E-state index in [-0.39, 0.29) is 11.9 Å². The second-order valence-electron chi connectivity index (χ2n) is 4.03. The molecule has 2 nitrogen and oxygen atoms in total. The molecule has 88 valence electrons. The average molecular weight is 230 g/mol. The number of hydrogen-bond donors (Lipinski definition) is 1. The van der Waals surface area contributed by atoms with Gasteiger partial charge in [-0.2, -0.15) is 0 Å². The molecule has 0 aliphatic rings. The summed E-state index contributed by atoms with van der Waals surface area (Å²) < 4.78 is 13.5.